The van der Waals surface area contributed by atoms with Crippen molar-refractivity contribution in [3.63, 3.8) is 0 Å². The Bertz CT molecular complexity index is 1260. The molecule has 1 unspecified atom stereocenters. The van der Waals surface area contributed by atoms with Crippen LogP contribution in [0, 0.1) is 0 Å². The molecule has 6 heterocycles. The summed E-state index contributed by atoms with van der Waals surface area (Å²) in [6.07, 6.45) is 6.55. The highest BCUT2D eigenvalue weighted by Gasteiger charge is 2.61. The Morgan fingerprint density at radius 1 is 1.24 bits per heavy atom. The lowest BCUT2D eigenvalue weighted by molar-refractivity contribution is 0.0154. The summed E-state index contributed by atoms with van der Waals surface area (Å²) in [6.45, 7) is 8.04. The van der Waals surface area contributed by atoms with Crippen LogP contribution in [0.15, 0.2) is 30.6 Å². The van der Waals surface area contributed by atoms with Crippen LogP contribution in [0.1, 0.15) is 67.8 Å². The molecular formula is C25H29N5O4. The first-order valence-corrected chi connectivity index (χ1v) is 11.9. The number of fused-ring (bicyclic) bond motifs is 2. The van der Waals surface area contributed by atoms with Crippen molar-refractivity contribution in [2.75, 3.05) is 25.1 Å². The third kappa shape index (κ3) is 3.63. The molecule has 4 aliphatic rings. The number of nitrogens with zero attached hydrogens (tertiary/aromatic N) is 4. The molecule has 1 aliphatic carbocycles. The van der Waals surface area contributed by atoms with Crippen LogP contribution < -0.4 is 10.1 Å². The lowest BCUT2D eigenvalue weighted by atomic mass is 9.62. The molecule has 3 aromatic heterocycles. The van der Waals surface area contributed by atoms with Gasteiger partial charge in [0.15, 0.2) is 0 Å². The number of nitrogens with one attached hydrogen (secondary N) is 1. The predicted molar refractivity (Wildman–Crippen MR) is 124 cm³/mol. The van der Waals surface area contributed by atoms with Gasteiger partial charge in [0.2, 0.25) is 11.7 Å². The van der Waals surface area contributed by atoms with E-state index in [0.29, 0.717) is 36.3 Å². The molecule has 2 bridgehead atoms. The molecule has 34 heavy (non-hydrogen) atoms. The molecule has 9 nitrogen and oxygen atoms in total. The molecule has 0 radical (unpaired) electrons. The lowest BCUT2D eigenvalue weighted by Gasteiger charge is -2.41. The molecule has 7 rings (SSSR count). The van der Waals surface area contributed by atoms with Gasteiger partial charge in [-0.2, -0.15) is 4.98 Å². The van der Waals surface area contributed by atoms with Gasteiger partial charge < -0.3 is 19.5 Å². The summed E-state index contributed by atoms with van der Waals surface area (Å²) in [5.41, 5.74) is 2.61. The molecular weight excluding hydrogens is 434 g/mol. The minimum absolute atomic E-state index is 0.0273. The van der Waals surface area contributed by atoms with Gasteiger partial charge >= 0.3 is 0 Å². The molecule has 178 valence electrons. The van der Waals surface area contributed by atoms with Gasteiger partial charge in [-0.05, 0) is 52.2 Å². The second-order valence-corrected chi connectivity index (χ2v) is 10.3. The first-order chi connectivity index (χ1) is 16.3. The largest absolute Gasteiger partial charge is 0.473 e. The predicted octanol–water partition coefficient (Wildman–Crippen LogP) is 3.49. The van der Waals surface area contributed by atoms with Gasteiger partial charge in [-0.1, -0.05) is 6.07 Å². The van der Waals surface area contributed by atoms with Crippen molar-refractivity contribution >= 4 is 17.4 Å². The third-order valence-electron chi connectivity index (χ3n) is 7.02. The minimum atomic E-state index is -0.312. The van der Waals surface area contributed by atoms with Crippen molar-refractivity contribution in [3.05, 3.63) is 47.7 Å². The van der Waals surface area contributed by atoms with Crippen LogP contribution in [-0.2, 0) is 14.9 Å². The Morgan fingerprint density at radius 3 is 2.79 bits per heavy atom. The highest BCUT2D eigenvalue weighted by atomic mass is 16.5. The molecule has 9 heteroatoms. The van der Waals surface area contributed by atoms with Crippen LogP contribution in [0.3, 0.4) is 0 Å². The third-order valence-corrected chi connectivity index (χ3v) is 7.02. The van der Waals surface area contributed by atoms with Gasteiger partial charge in [0.05, 0.1) is 30.6 Å². The summed E-state index contributed by atoms with van der Waals surface area (Å²) in [5, 5.41) is 2.95. The Balaban J connectivity index is 1.30. The van der Waals surface area contributed by atoms with Crippen molar-refractivity contribution < 1.29 is 19.0 Å². The van der Waals surface area contributed by atoms with Crippen molar-refractivity contribution in [2.24, 2.45) is 0 Å². The molecule has 1 amide bonds. The number of hydrogen-bond donors (Lipinski definition) is 1. The average molecular weight is 464 g/mol. The summed E-state index contributed by atoms with van der Waals surface area (Å²) in [5.74, 6) is 0.794. The topological polar surface area (TPSA) is 99.9 Å². The van der Waals surface area contributed by atoms with Gasteiger partial charge in [0.25, 0.3) is 5.91 Å². The summed E-state index contributed by atoms with van der Waals surface area (Å²) < 4.78 is 19.2. The van der Waals surface area contributed by atoms with E-state index in [-0.39, 0.29) is 28.9 Å². The maximum Gasteiger partial charge on any atom is 0.274 e. The van der Waals surface area contributed by atoms with Crippen molar-refractivity contribution in [3.8, 4) is 5.88 Å². The van der Waals surface area contributed by atoms with E-state index < -0.39 is 0 Å². The maximum absolute atomic E-state index is 13.1. The van der Waals surface area contributed by atoms with Gasteiger partial charge in [-0.3, -0.25) is 9.20 Å². The molecule has 4 fully saturated rings. The zero-order valence-corrected chi connectivity index (χ0v) is 19.7. The number of amides is 1. The van der Waals surface area contributed by atoms with Crippen LogP contribution in [0.4, 0.5) is 5.69 Å². The smallest absolute Gasteiger partial charge is 0.274 e. The number of hydrogen-bond acceptors (Lipinski definition) is 7. The van der Waals surface area contributed by atoms with E-state index in [4.69, 9.17) is 19.2 Å². The second-order valence-electron chi connectivity index (χ2n) is 10.3. The molecule has 0 aromatic carbocycles. The van der Waals surface area contributed by atoms with Crippen LogP contribution in [0.2, 0.25) is 0 Å². The Morgan fingerprint density at radius 2 is 2.09 bits per heavy atom. The van der Waals surface area contributed by atoms with Crippen molar-refractivity contribution in [1.29, 1.82) is 0 Å². The van der Waals surface area contributed by atoms with Crippen molar-refractivity contribution in [1.82, 2.24) is 19.4 Å². The second kappa shape index (κ2) is 7.74. The van der Waals surface area contributed by atoms with Gasteiger partial charge in [-0.15, -0.1) is 0 Å². The van der Waals surface area contributed by atoms with Gasteiger partial charge in [-0.25, -0.2) is 9.97 Å². The minimum Gasteiger partial charge on any atom is -0.473 e. The SMILES string of the molecule is CC(C)Oc1nc2nc(C34COC(C)(C3)C4)cn2cc1NC(=O)c1cccc(C2CCOC2)n1. The fraction of sp³-hybridized carbons (Fsp3) is 0.520. The van der Waals surface area contributed by atoms with E-state index in [1.54, 1.807) is 6.07 Å². The standard InChI is InChI=1S/C25H29N5O4/c1-15(2)34-22-19(27-21(31)18-6-4-5-17(26-18)16-7-8-32-11-16)9-30-10-20(28-23(30)29-22)25-12-24(3,13-25)33-14-25/h4-6,9-10,15-16H,7-8,11-14H2,1-3H3,(H,27,31). The summed E-state index contributed by atoms with van der Waals surface area (Å²) >= 11 is 0. The van der Waals surface area contributed by atoms with Crippen LogP contribution in [-0.4, -0.2) is 56.8 Å². The van der Waals surface area contributed by atoms with E-state index in [1.165, 1.54) is 0 Å². The normalized spacial score (nSPS) is 27.8. The monoisotopic (exact) mass is 463 g/mol. The molecule has 0 spiro atoms. The number of pyridine rings is 1. The van der Waals surface area contributed by atoms with Crippen LogP contribution >= 0.6 is 0 Å². The van der Waals surface area contributed by atoms with E-state index in [1.807, 2.05) is 42.8 Å². The highest BCUT2D eigenvalue weighted by Crippen LogP contribution is 2.58. The number of ether oxygens (including phenoxy) is 3. The number of imidazole rings is 1. The first kappa shape index (κ1) is 21.5. The first-order valence-electron chi connectivity index (χ1n) is 11.9. The lowest BCUT2D eigenvalue weighted by Crippen LogP contribution is -2.45. The number of carbonyl (C=O) groups is 1. The average Bonchev–Trinajstić information content (AvgIpc) is 3.56. The summed E-state index contributed by atoms with van der Waals surface area (Å²) in [7, 11) is 0. The summed E-state index contributed by atoms with van der Waals surface area (Å²) in [4.78, 5) is 27.2. The Kier molecular flexibility index (Phi) is 4.90. The van der Waals surface area contributed by atoms with E-state index >= 15 is 0 Å². The van der Waals surface area contributed by atoms with Crippen molar-refractivity contribution in [2.45, 2.75) is 63.1 Å². The maximum atomic E-state index is 13.1. The van der Waals surface area contributed by atoms with E-state index in [2.05, 4.69) is 22.2 Å². The zero-order chi connectivity index (χ0) is 23.5. The fourth-order valence-electron chi connectivity index (χ4n) is 5.47. The van der Waals surface area contributed by atoms with E-state index in [9.17, 15) is 4.79 Å². The molecule has 3 aliphatic heterocycles. The Labute approximate surface area is 197 Å². The van der Waals surface area contributed by atoms with Crippen LogP contribution in [0.25, 0.3) is 5.78 Å². The van der Waals surface area contributed by atoms with Gasteiger partial charge in [0.1, 0.15) is 11.4 Å². The molecule has 1 N–H and O–H groups in total. The Hall–Kier alpha value is -3.04. The quantitative estimate of drug-likeness (QED) is 0.597. The fourth-order valence-corrected chi connectivity index (χ4v) is 5.47. The molecule has 1 saturated carbocycles. The summed E-state index contributed by atoms with van der Waals surface area (Å²) in [6, 6.07) is 5.52. The number of anilines is 1. The number of aromatic nitrogens is 4. The number of carbonyl (C=O) groups excluding carboxylic acids is 1. The molecule has 1 atom stereocenters. The van der Waals surface area contributed by atoms with Gasteiger partial charge in [0, 0.05) is 36.0 Å². The highest BCUT2D eigenvalue weighted by molar-refractivity contribution is 6.03. The molecule has 3 aromatic rings. The van der Waals surface area contributed by atoms with E-state index in [0.717, 1.165) is 37.3 Å². The zero-order valence-electron chi connectivity index (χ0n) is 19.7. The number of rotatable bonds is 6. The molecule has 3 saturated heterocycles. The van der Waals surface area contributed by atoms with Crippen LogP contribution in [0.5, 0.6) is 5.88 Å².